The van der Waals surface area contributed by atoms with Crippen molar-refractivity contribution in [3.05, 3.63) is 35.1 Å². The van der Waals surface area contributed by atoms with Crippen molar-refractivity contribution >= 4 is 12.4 Å². The van der Waals surface area contributed by atoms with E-state index in [4.69, 9.17) is 0 Å². The monoisotopic (exact) mass is 283 g/mol. The summed E-state index contributed by atoms with van der Waals surface area (Å²) in [5.41, 5.74) is -0.521. The van der Waals surface area contributed by atoms with Crippen molar-refractivity contribution < 1.29 is 17.6 Å². The standard InChI is InChI=1S/C12H13F4N.ClH/c13-11-7-9(12(14,15)16)1-2-10(11)8-3-5-17-6-4-8;/h1-2,7-8,17H,3-6H2;1H. The predicted molar refractivity (Wildman–Crippen MR) is 63.5 cm³/mol. The zero-order valence-electron chi connectivity index (χ0n) is 9.56. The molecule has 0 spiro atoms. The molecule has 6 heteroatoms. The molecule has 1 fully saturated rings. The summed E-state index contributed by atoms with van der Waals surface area (Å²) in [6.45, 7) is 1.57. The van der Waals surface area contributed by atoms with E-state index in [-0.39, 0.29) is 18.3 Å². The van der Waals surface area contributed by atoms with Crippen LogP contribution in [0.1, 0.15) is 29.9 Å². The Hall–Kier alpha value is -0.810. The van der Waals surface area contributed by atoms with Crippen molar-refractivity contribution in [1.29, 1.82) is 0 Å². The summed E-state index contributed by atoms with van der Waals surface area (Å²) >= 11 is 0. The fourth-order valence-corrected chi connectivity index (χ4v) is 2.17. The second-order valence-electron chi connectivity index (χ2n) is 4.26. The lowest BCUT2D eigenvalue weighted by molar-refractivity contribution is -0.137. The molecule has 1 aliphatic rings. The van der Waals surface area contributed by atoms with Crippen LogP contribution in [0.15, 0.2) is 18.2 Å². The molecule has 18 heavy (non-hydrogen) atoms. The highest BCUT2D eigenvalue weighted by Gasteiger charge is 2.31. The van der Waals surface area contributed by atoms with Gasteiger partial charge in [-0.1, -0.05) is 6.07 Å². The average molecular weight is 284 g/mol. The van der Waals surface area contributed by atoms with E-state index < -0.39 is 17.6 Å². The Bertz CT molecular complexity index is 400. The van der Waals surface area contributed by atoms with Crippen LogP contribution in [0.4, 0.5) is 17.6 Å². The zero-order chi connectivity index (χ0) is 12.5. The van der Waals surface area contributed by atoms with E-state index in [0.29, 0.717) is 11.6 Å². The Morgan fingerprint density at radius 2 is 1.72 bits per heavy atom. The molecule has 1 N–H and O–H groups in total. The third kappa shape index (κ3) is 3.36. The molecular weight excluding hydrogens is 270 g/mol. The van der Waals surface area contributed by atoms with Crippen LogP contribution in [0, 0.1) is 5.82 Å². The summed E-state index contributed by atoms with van der Waals surface area (Å²) in [6, 6.07) is 2.83. The number of piperidine rings is 1. The van der Waals surface area contributed by atoms with Crippen molar-refractivity contribution in [2.45, 2.75) is 24.9 Å². The largest absolute Gasteiger partial charge is 0.416 e. The molecule has 0 atom stereocenters. The van der Waals surface area contributed by atoms with Crippen molar-refractivity contribution in [1.82, 2.24) is 5.32 Å². The van der Waals surface area contributed by atoms with Gasteiger partial charge in [0.05, 0.1) is 5.56 Å². The molecule has 0 saturated carbocycles. The number of hydrogen-bond acceptors (Lipinski definition) is 1. The summed E-state index contributed by atoms with van der Waals surface area (Å²) in [7, 11) is 0. The van der Waals surface area contributed by atoms with Crippen LogP contribution in [0.3, 0.4) is 0 Å². The minimum absolute atomic E-state index is 0. The zero-order valence-corrected chi connectivity index (χ0v) is 10.4. The number of benzene rings is 1. The maximum absolute atomic E-state index is 13.6. The molecule has 1 aromatic rings. The van der Waals surface area contributed by atoms with Gasteiger partial charge in [-0.3, -0.25) is 0 Å². The molecule has 1 saturated heterocycles. The van der Waals surface area contributed by atoms with Crippen LogP contribution in [0.5, 0.6) is 0 Å². The molecule has 0 radical (unpaired) electrons. The van der Waals surface area contributed by atoms with Crippen LogP contribution in [-0.4, -0.2) is 13.1 Å². The van der Waals surface area contributed by atoms with E-state index in [2.05, 4.69) is 5.32 Å². The fraction of sp³-hybridized carbons (Fsp3) is 0.500. The number of hydrogen-bond donors (Lipinski definition) is 1. The van der Waals surface area contributed by atoms with Gasteiger partial charge in [0.2, 0.25) is 0 Å². The topological polar surface area (TPSA) is 12.0 Å². The molecular formula is C12H14ClF4N. The minimum Gasteiger partial charge on any atom is -0.317 e. The SMILES string of the molecule is Cl.Fc1cc(C(F)(F)F)ccc1C1CCNCC1. The molecule has 1 nitrogen and oxygen atoms in total. The highest BCUT2D eigenvalue weighted by atomic mass is 35.5. The lowest BCUT2D eigenvalue weighted by Crippen LogP contribution is -2.27. The maximum atomic E-state index is 13.6. The predicted octanol–water partition coefficient (Wildman–Crippen LogP) is 3.73. The molecule has 0 aromatic heterocycles. The third-order valence-corrected chi connectivity index (χ3v) is 3.11. The summed E-state index contributed by atoms with van der Waals surface area (Å²) in [5, 5.41) is 3.14. The Labute approximate surface area is 109 Å². The second-order valence-corrected chi connectivity index (χ2v) is 4.26. The molecule has 0 unspecified atom stereocenters. The van der Waals surface area contributed by atoms with Gasteiger partial charge in [0, 0.05) is 0 Å². The smallest absolute Gasteiger partial charge is 0.317 e. The Morgan fingerprint density at radius 3 is 2.22 bits per heavy atom. The third-order valence-electron chi connectivity index (χ3n) is 3.11. The van der Waals surface area contributed by atoms with Crippen molar-refractivity contribution in [3.8, 4) is 0 Å². The quantitative estimate of drug-likeness (QED) is 0.774. The Balaban J connectivity index is 0.00000162. The van der Waals surface area contributed by atoms with Gasteiger partial charge in [-0.25, -0.2) is 4.39 Å². The van der Waals surface area contributed by atoms with Gasteiger partial charge in [0.25, 0.3) is 0 Å². The highest BCUT2D eigenvalue weighted by Crippen LogP contribution is 2.33. The highest BCUT2D eigenvalue weighted by molar-refractivity contribution is 5.85. The first kappa shape index (κ1) is 15.2. The number of rotatable bonds is 1. The van der Waals surface area contributed by atoms with Crippen LogP contribution in [0.25, 0.3) is 0 Å². The normalized spacial score (nSPS) is 17.3. The Kier molecular flexibility index (Phi) is 4.99. The molecule has 0 amide bonds. The van der Waals surface area contributed by atoms with Gasteiger partial charge in [-0.05, 0) is 49.5 Å². The van der Waals surface area contributed by atoms with Crippen molar-refractivity contribution in [2.75, 3.05) is 13.1 Å². The molecule has 2 rings (SSSR count). The average Bonchev–Trinajstić information content (AvgIpc) is 2.29. The summed E-state index contributed by atoms with van der Waals surface area (Å²) in [6.07, 6.45) is -2.95. The van der Waals surface area contributed by atoms with E-state index in [9.17, 15) is 17.6 Å². The molecule has 0 bridgehead atoms. The first-order valence-corrected chi connectivity index (χ1v) is 5.56. The maximum Gasteiger partial charge on any atom is 0.416 e. The van der Waals surface area contributed by atoms with Crippen molar-refractivity contribution in [3.63, 3.8) is 0 Å². The van der Waals surface area contributed by atoms with Crippen LogP contribution >= 0.6 is 12.4 Å². The molecule has 102 valence electrons. The molecule has 1 heterocycles. The minimum atomic E-state index is -4.48. The van der Waals surface area contributed by atoms with Crippen LogP contribution < -0.4 is 5.32 Å². The van der Waals surface area contributed by atoms with Crippen LogP contribution in [-0.2, 0) is 6.18 Å². The van der Waals surface area contributed by atoms with Gasteiger partial charge in [-0.15, -0.1) is 12.4 Å². The summed E-state index contributed by atoms with van der Waals surface area (Å²) in [4.78, 5) is 0. The lowest BCUT2D eigenvalue weighted by Gasteiger charge is -2.23. The number of halogens is 5. The van der Waals surface area contributed by atoms with E-state index in [1.807, 2.05) is 0 Å². The number of nitrogens with one attached hydrogen (secondary N) is 1. The van der Waals surface area contributed by atoms with Gasteiger partial charge in [-0.2, -0.15) is 13.2 Å². The van der Waals surface area contributed by atoms with Crippen molar-refractivity contribution in [2.24, 2.45) is 0 Å². The van der Waals surface area contributed by atoms with Gasteiger partial charge in [0.15, 0.2) is 0 Å². The van der Waals surface area contributed by atoms with E-state index >= 15 is 0 Å². The lowest BCUT2D eigenvalue weighted by atomic mass is 9.89. The summed E-state index contributed by atoms with van der Waals surface area (Å²) < 4.78 is 50.7. The van der Waals surface area contributed by atoms with Gasteiger partial charge >= 0.3 is 6.18 Å². The van der Waals surface area contributed by atoms with Gasteiger partial charge in [0.1, 0.15) is 5.82 Å². The first-order chi connectivity index (χ1) is 7.98. The first-order valence-electron chi connectivity index (χ1n) is 5.56. The molecule has 1 aromatic carbocycles. The molecule has 0 aliphatic carbocycles. The fourth-order valence-electron chi connectivity index (χ4n) is 2.17. The van der Waals surface area contributed by atoms with Crippen LogP contribution in [0.2, 0.25) is 0 Å². The Morgan fingerprint density at radius 1 is 1.11 bits per heavy atom. The van der Waals surface area contributed by atoms with E-state index in [1.54, 1.807) is 0 Å². The second kappa shape index (κ2) is 5.89. The van der Waals surface area contributed by atoms with Gasteiger partial charge < -0.3 is 5.32 Å². The number of alkyl halides is 3. The molecule has 1 aliphatic heterocycles. The van der Waals surface area contributed by atoms with E-state index in [1.165, 1.54) is 6.07 Å². The van der Waals surface area contributed by atoms with E-state index in [0.717, 1.165) is 32.0 Å². The summed E-state index contributed by atoms with van der Waals surface area (Å²) in [5.74, 6) is -0.717.